The van der Waals surface area contributed by atoms with Crippen molar-refractivity contribution in [2.24, 2.45) is 5.92 Å². The van der Waals surface area contributed by atoms with Gasteiger partial charge in [0.15, 0.2) is 0 Å². The van der Waals surface area contributed by atoms with Gasteiger partial charge >= 0.3 is 0 Å². The lowest BCUT2D eigenvalue weighted by Crippen LogP contribution is -2.24. The summed E-state index contributed by atoms with van der Waals surface area (Å²) < 4.78 is 1.85. The minimum absolute atomic E-state index is 0.0102. The molecule has 1 aromatic rings. The first kappa shape index (κ1) is 17.2. The standard InChI is InChI=1S/C14H21Br2NOS/c1-10(2)7-5-3-4-6-8-17-14(18)11-9-12(15)19-13(11)16/h9-10H,3-8H2,1-2H3,(H,17,18). The highest BCUT2D eigenvalue weighted by Gasteiger charge is 2.12. The largest absolute Gasteiger partial charge is 0.352 e. The van der Waals surface area contributed by atoms with Crippen LogP contribution in [-0.2, 0) is 0 Å². The van der Waals surface area contributed by atoms with E-state index in [0.717, 1.165) is 32.0 Å². The minimum Gasteiger partial charge on any atom is -0.352 e. The lowest BCUT2D eigenvalue weighted by molar-refractivity contribution is 0.0952. The second kappa shape index (κ2) is 9.14. The van der Waals surface area contributed by atoms with Crippen LogP contribution in [-0.4, -0.2) is 12.5 Å². The van der Waals surface area contributed by atoms with E-state index in [-0.39, 0.29) is 5.91 Å². The summed E-state index contributed by atoms with van der Waals surface area (Å²) in [5.74, 6) is 0.810. The second-order valence-corrected chi connectivity index (χ2v) is 8.84. The third-order valence-electron chi connectivity index (χ3n) is 2.90. The number of carbonyl (C=O) groups excluding carboxylic acids is 1. The summed E-state index contributed by atoms with van der Waals surface area (Å²) in [6, 6.07) is 1.85. The van der Waals surface area contributed by atoms with Crippen LogP contribution in [0.25, 0.3) is 0 Å². The number of thiophene rings is 1. The Labute approximate surface area is 136 Å². The monoisotopic (exact) mass is 409 g/mol. The van der Waals surface area contributed by atoms with Gasteiger partial charge in [0.05, 0.1) is 13.1 Å². The maximum Gasteiger partial charge on any atom is 0.253 e. The van der Waals surface area contributed by atoms with Crippen molar-refractivity contribution in [3.63, 3.8) is 0 Å². The fraction of sp³-hybridized carbons (Fsp3) is 0.643. The Bertz CT molecular complexity index is 404. The second-order valence-electron chi connectivity index (χ2n) is 5.09. The van der Waals surface area contributed by atoms with Crippen LogP contribution in [0.15, 0.2) is 13.6 Å². The molecule has 108 valence electrons. The van der Waals surface area contributed by atoms with E-state index >= 15 is 0 Å². The van der Waals surface area contributed by atoms with Gasteiger partial charge < -0.3 is 5.32 Å². The average molecular weight is 411 g/mol. The summed E-state index contributed by atoms with van der Waals surface area (Å²) in [5.41, 5.74) is 0.719. The molecule has 0 aromatic carbocycles. The molecule has 0 radical (unpaired) electrons. The number of amides is 1. The zero-order valence-corrected chi connectivity index (χ0v) is 15.5. The zero-order valence-electron chi connectivity index (χ0n) is 11.5. The molecule has 2 nitrogen and oxygen atoms in total. The Morgan fingerprint density at radius 2 is 1.95 bits per heavy atom. The van der Waals surface area contributed by atoms with Crippen molar-refractivity contribution in [2.45, 2.75) is 46.0 Å². The van der Waals surface area contributed by atoms with Gasteiger partial charge in [-0.1, -0.05) is 39.5 Å². The Hall–Kier alpha value is 0.130. The van der Waals surface area contributed by atoms with Crippen molar-refractivity contribution < 1.29 is 4.79 Å². The van der Waals surface area contributed by atoms with E-state index in [2.05, 4.69) is 51.0 Å². The molecule has 1 N–H and O–H groups in total. The molecular formula is C14H21Br2NOS. The molecule has 0 atom stereocenters. The van der Waals surface area contributed by atoms with Crippen LogP contribution in [0, 0.1) is 5.92 Å². The quantitative estimate of drug-likeness (QED) is 0.554. The number of unbranched alkanes of at least 4 members (excludes halogenated alkanes) is 3. The van der Waals surface area contributed by atoms with Crippen LogP contribution in [0.3, 0.4) is 0 Å². The third-order valence-corrected chi connectivity index (χ3v) is 5.23. The number of hydrogen-bond donors (Lipinski definition) is 1. The number of hydrogen-bond acceptors (Lipinski definition) is 2. The van der Waals surface area contributed by atoms with Crippen LogP contribution >= 0.6 is 43.2 Å². The summed E-state index contributed by atoms with van der Waals surface area (Å²) in [6.07, 6.45) is 6.13. The summed E-state index contributed by atoms with van der Waals surface area (Å²) >= 11 is 8.31. The molecule has 0 saturated heterocycles. The van der Waals surface area contributed by atoms with Crippen molar-refractivity contribution in [1.82, 2.24) is 5.32 Å². The molecule has 19 heavy (non-hydrogen) atoms. The van der Waals surface area contributed by atoms with Crippen LogP contribution in [0.1, 0.15) is 56.3 Å². The third kappa shape index (κ3) is 6.91. The van der Waals surface area contributed by atoms with E-state index in [1.165, 1.54) is 37.0 Å². The first-order chi connectivity index (χ1) is 9.00. The number of rotatable bonds is 8. The molecule has 5 heteroatoms. The van der Waals surface area contributed by atoms with Crippen LogP contribution in [0.5, 0.6) is 0 Å². The minimum atomic E-state index is 0.0102. The molecule has 0 aliphatic rings. The number of carbonyl (C=O) groups is 1. The molecule has 0 saturated carbocycles. The molecular weight excluding hydrogens is 390 g/mol. The predicted octanol–water partition coefficient (Wildman–Crippen LogP) is 5.61. The normalized spacial score (nSPS) is 11.0. The van der Waals surface area contributed by atoms with Gasteiger partial charge in [-0.05, 0) is 50.3 Å². The smallest absolute Gasteiger partial charge is 0.253 e. The molecule has 1 aromatic heterocycles. The topological polar surface area (TPSA) is 29.1 Å². The summed E-state index contributed by atoms with van der Waals surface area (Å²) in [6.45, 7) is 5.29. The van der Waals surface area contributed by atoms with Crippen LogP contribution in [0.4, 0.5) is 0 Å². The van der Waals surface area contributed by atoms with Crippen LogP contribution < -0.4 is 5.32 Å². The Kier molecular flexibility index (Phi) is 8.26. The molecule has 0 fully saturated rings. The number of nitrogens with one attached hydrogen (secondary N) is 1. The summed E-state index contributed by atoms with van der Waals surface area (Å²) in [5, 5.41) is 2.97. The van der Waals surface area contributed by atoms with E-state index in [4.69, 9.17) is 0 Å². The van der Waals surface area contributed by atoms with E-state index < -0.39 is 0 Å². The van der Waals surface area contributed by atoms with Gasteiger partial charge in [0.2, 0.25) is 0 Å². The molecule has 0 aliphatic carbocycles. The lowest BCUT2D eigenvalue weighted by Gasteiger charge is -2.06. The zero-order chi connectivity index (χ0) is 14.3. The van der Waals surface area contributed by atoms with Crippen molar-refractivity contribution >= 4 is 49.1 Å². The Morgan fingerprint density at radius 1 is 1.26 bits per heavy atom. The molecule has 1 amide bonds. The van der Waals surface area contributed by atoms with Gasteiger partial charge in [-0.3, -0.25) is 4.79 Å². The predicted molar refractivity (Wildman–Crippen MR) is 90.0 cm³/mol. The first-order valence-corrected chi connectivity index (χ1v) is 9.14. The Morgan fingerprint density at radius 3 is 2.53 bits per heavy atom. The van der Waals surface area contributed by atoms with Crippen molar-refractivity contribution in [3.05, 3.63) is 19.2 Å². The fourth-order valence-corrected chi connectivity index (χ4v) is 4.62. The fourth-order valence-electron chi connectivity index (χ4n) is 1.82. The molecule has 1 heterocycles. The van der Waals surface area contributed by atoms with E-state index in [1.807, 2.05) is 6.07 Å². The first-order valence-electron chi connectivity index (χ1n) is 6.73. The molecule has 0 unspecified atom stereocenters. The van der Waals surface area contributed by atoms with Gasteiger partial charge in [-0.2, -0.15) is 0 Å². The molecule has 0 bridgehead atoms. The molecule has 1 rings (SSSR count). The summed E-state index contributed by atoms with van der Waals surface area (Å²) in [7, 11) is 0. The average Bonchev–Trinajstić information content (AvgIpc) is 2.66. The SMILES string of the molecule is CC(C)CCCCCCNC(=O)c1cc(Br)sc1Br. The lowest BCUT2D eigenvalue weighted by atomic mass is 10.0. The molecule has 0 spiro atoms. The van der Waals surface area contributed by atoms with Gasteiger partial charge in [0, 0.05) is 6.54 Å². The van der Waals surface area contributed by atoms with Crippen LogP contribution in [0.2, 0.25) is 0 Å². The van der Waals surface area contributed by atoms with Crippen molar-refractivity contribution in [1.29, 1.82) is 0 Å². The van der Waals surface area contributed by atoms with Gasteiger partial charge in [-0.15, -0.1) is 11.3 Å². The van der Waals surface area contributed by atoms with Gasteiger partial charge in [-0.25, -0.2) is 0 Å². The van der Waals surface area contributed by atoms with E-state index in [1.54, 1.807) is 0 Å². The maximum atomic E-state index is 11.9. The highest BCUT2D eigenvalue weighted by Crippen LogP contribution is 2.31. The molecule has 0 aliphatic heterocycles. The summed E-state index contributed by atoms with van der Waals surface area (Å²) in [4.78, 5) is 11.9. The highest BCUT2D eigenvalue weighted by atomic mass is 79.9. The van der Waals surface area contributed by atoms with Gasteiger partial charge in [0.1, 0.15) is 0 Å². The number of halogens is 2. The van der Waals surface area contributed by atoms with Gasteiger partial charge in [0.25, 0.3) is 5.91 Å². The maximum absolute atomic E-state index is 11.9. The van der Waals surface area contributed by atoms with E-state index in [9.17, 15) is 4.79 Å². The van der Waals surface area contributed by atoms with Crippen molar-refractivity contribution in [2.75, 3.05) is 6.54 Å². The van der Waals surface area contributed by atoms with Crippen molar-refractivity contribution in [3.8, 4) is 0 Å². The Balaban J connectivity index is 2.13. The van der Waals surface area contributed by atoms with E-state index in [0.29, 0.717) is 0 Å². The highest BCUT2D eigenvalue weighted by molar-refractivity contribution is 9.12.